The van der Waals surface area contributed by atoms with Gasteiger partial charge in [-0.2, -0.15) is 4.31 Å². The van der Waals surface area contributed by atoms with Crippen LogP contribution in [-0.4, -0.2) is 38.3 Å². The molecule has 7 heteroatoms. The third-order valence-electron chi connectivity index (χ3n) is 3.56. The molecule has 21 heavy (non-hydrogen) atoms. The van der Waals surface area contributed by atoms with Gasteiger partial charge >= 0.3 is 0 Å². The number of benzene rings is 1. The molecular weight excluding hydrogens is 356 g/mol. The highest BCUT2D eigenvalue weighted by Crippen LogP contribution is 2.24. The third-order valence-corrected chi connectivity index (χ3v) is 5.97. The maximum atomic E-state index is 12.6. The van der Waals surface area contributed by atoms with Gasteiger partial charge in [0, 0.05) is 24.1 Å². The second kappa shape index (κ2) is 6.89. The maximum Gasteiger partial charge on any atom is 0.243 e. The zero-order valence-corrected chi connectivity index (χ0v) is 14.3. The summed E-state index contributed by atoms with van der Waals surface area (Å²) in [6, 6.07) is 6.57. The summed E-state index contributed by atoms with van der Waals surface area (Å²) < 4.78 is 27.5. The van der Waals surface area contributed by atoms with Crippen molar-refractivity contribution >= 4 is 31.9 Å². The molecule has 1 saturated heterocycles. The van der Waals surface area contributed by atoms with E-state index in [4.69, 9.17) is 0 Å². The van der Waals surface area contributed by atoms with E-state index in [9.17, 15) is 13.2 Å². The summed E-state index contributed by atoms with van der Waals surface area (Å²) in [7, 11) is -3.53. The monoisotopic (exact) mass is 374 g/mol. The Morgan fingerprint density at radius 1 is 1.38 bits per heavy atom. The molecule has 0 unspecified atom stereocenters. The number of piperidine rings is 1. The Morgan fingerprint density at radius 2 is 2.05 bits per heavy atom. The molecule has 1 N–H and O–H groups in total. The predicted octanol–water partition coefficient (Wildman–Crippen LogP) is 1.99. The molecule has 0 saturated carbocycles. The van der Waals surface area contributed by atoms with Crippen molar-refractivity contribution in [1.82, 2.24) is 9.62 Å². The molecule has 0 aromatic heterocycles. The summed E-state index contributed by atoms with van der Waals surface area (Å²) >= 11 is 3.29. The van der Waals surface area contributed by atoms with Crippen molar-refractivity contribution in [3.05, 3.63) is 28.7 Å². The standard InChI is InChI=1S/C14H19BrN2O3S/c1-2-16-14(18)11-4-3-9-17(10-11)21(19,20)13-7-5-12(15)6-8-13/h5-8,11H,2-4,9-10H2,1H3,(H,16,18)/t11-/m0/s1. The van der Waals surface area contributed by atoms with Gasteiger partial charge in [0.1, 0.15) is 0 Å². The molecule has 1 heterocycles. The Bertz CT molecular complexity index is 601. The van der Waals surface area contributed by atoms with Gasteiger partial charge in [-0.15, -0.1) is 0 Å². The second-order valence-electron chi connectivity index (χ2n) is 5.05. The van der Waals surface area contributed by atoms with E-state index >= 15 is 0 Å². The van der Waals surface area contributed by atoms with Crippen molar-refractivity contribution in [3.63, 3.8) is 0 Å². The fourth-order valence-corrected chi connectivity index (χ4v) is 4.24. The molecule has 1 aromatic rings. The number of nitrogens with one attached hydrogen (secondary N) is 1. The second-order valence-corrected chi connectivity index (χ2v) is 7.90. The first kappa shape index (κ1) is 16.5. The number of carbonyl (C=O) groups is 1. The Morgan fingerprint density at radius 3 is 2.67 bits per heavy atom. The molecule has 0 bridgehead atoms. The SMILES string of the molecule is CCNC(=O)[C@H]1CCCN(S(=O)(=O)c2ccc(Br)cc2)C1. The fraction of sp³-hybridized carbons (Fsp3) is 0.500. The van der Waals surface area contributed by atoms with Gasteiger partial charge in [0.2, 0.25) is 15.9 Å². The van der Waals surface area contributed by atoms with E-state index in [0.29, 0.717) is 19.5 Å². The Balaban J connectivity index is 2.16. The molecule has 2 rings (SSSR count). The number of nitrogens with zero attached hydrogens (tertiary/aromatic N) is 1. The molecule has 0 spiro atoms. The molecule has 1 fully saturated rings. The summed E-state index contributed by atoms with van der Waals surface area (Å²) in [5.41, 5.74) is 0. The van der Waals surface area contributed by atoms with Crippen LogP contribution in [0, 0.1) is 5.92 Å². The van der Waals surface area contributed by atoms with Crippen molar-refractivity contribution in [1.29, 1.82) is 0 Å². The van der Waals surface area contributed by atoms with Crippen LogP contribution in [0.3, 0.4) is 0 Å². The van der Waals surface area contributed by atoms with Gasteiger partial charge in [0.15, 0.2) is 0 Å². The van der Waals surface area contributed by atoms with E-state index in [-0.39, 0.29) is 23.3 Å². The number of rotatable bonds is 4. The van der Waals surface area contributed by atoms with Crippen molar-refractivity contribution in [2.45, 2.75) is 24.7 Å². The number of amides is 1. The van der Waals surface area contributed by atoms with Crippen molar-refractivity contribution in [2.24, 2.45) is 5.92 Å². The molecular formula is C14H19BrN2O3S. The first-order valence-corrected chi connectivity index (χ1v) is 9.22. The van der Waals surface area contributed by atoms with Crippen LogP contribution in [0.5, 0.6) is 0 Å². The average Bonchev–Trinajstić information content (AvgIpc) is 2.48. The summed E-state index contributed by atoms with van der Waals surface area (Å²) in [4.78, 5) is 12.2. The topological polar surface area (TPSA) is 66.5 Å². The number of hydrogen-bond donors (Lipinski definition) is 1. The molecule has 1 amide bonds. The molecule has 0 radical (unpaired) electrons. The van der Waals surface area contributed by atoms with E-state index in [2.05, 4.69) is 21.2 Å². The minimum atomic E-state index is -3.53. The van der Waals surface area contributed by atoms with Gasteiger partial charge in [0.05, 0.1) is 10.8 Å². The number of carbonyl (C=O) groups excluding carboxylic acids is 1. The lowest BCUT2D eigenvalue weighted by Gasteiger charge is -2.31. The summed E-state index contributed by atoms with van der Waals surface area (Å²) in [5.74, 6) is -0.322. The number of sulfonamides is 1. The first-order chi connectivity index (χ1) is 9.95. The van der Waals surface area contributed by atoms with Crippen LogP contribution >= 0.6 is 15.9 Å². The van der Waals surface area contributed by atoms with Crippen molar-refractivity contribution in [2.75, 3.05) is 19.6 Å². The highest BCUT2D eigenvalue weighted by Gasteiger charge is 2.32. The van der Waals surface area contributed by atoms with E-state index < -0.39 is 10.0 Å². The van der Waals surface area contributed by atoms with Crippen LogP contribution in [0.25, 0.3) is 0 Å². The molecule has 0 aliphatic carbocycles. The Labute approximate surface area is 133 Å². The highest BCUT2D eigenvalue weighted by atomic mass is 79.9. The maximum absolute atomic E-state index is 12.6. The van der Waals surface area contributed by atoms with E-state index in [0.717, 1.165) is 10.9 Å². The lowest BCUT2D eigenvalue weighted by molar-refractivity contribution is -0.125. The lowest BCUT2D eigenvalue weighted by atomic mass is 9.99. The van der Waals surface area contributed by atoms with Gasteiger partial charge in [-0.05, 0) is 44.0 Å². The molecule has 5 nitrogen and oxygen atoms in total. The molecule has 1 atom stereocenters. The van der Waals surface area contributed by atoms with Crippen LogP contribution in [0.4, 0.5) is 0 Å². The smallest absolute Gasteiger partial charge is 0.243 e. The zero-order chi connectivity index (χ0) is 15.5. The van der Waals surface area contributed by atoms with E-state index in [1.54, 1.807) is 24.3 Å². The first-order valence-electron chi connectivity index (χ1n) is 6.98. The quantitative estimate of drug-likeness (QED) is 0.875. The molecule has 1 aromatic carbocycles. The highest BCUT2D eigenvalue weighted by molar-refractivity contribution is 9.10. The number of halogens is 1. The van der Waals surface area contributed by atoms with Crippen LogP contribution in [0.2, 0.25) is 0 Å². The third kappa shape index (κ3) is 3.84. The summed E-state index contributed by atoms with van der Waals surface area (Å²) in [6.07, 6.45) is 1.44. The van der Waals surface area contributed by atoms with Gasteiger partial charge in [-0.3, -0.25) is 4.79 Å². The van der Waals surface area contributed by atoms with Crippen molar-refractivity contribution < 1.29 is 13.2 Å². The van der Waals surface area contributed by atoms with Gasteiger partial charge in [-0.25, -0.2) is 8.42 Å². The van der Waals surface area contributed by atoms with Crippen LogP contribution in [-0.2, 0) is 14.8 Å². The van der Waals surface area contributed by atoms with E-state index in [1.165, 1.54) is 4.31 Å². The van der Waals surface area contributed by atoms with Gasteiger partial charge < -0.3 is 5.32 Å². The molecule has 1 aliphatic heterocycles. The van der Waals surface area contributed by atoms with Crippen LogP contribution in [0.15, 0.2) is 33.6 Å². The van der Waals surface area contributed by atoms with Gasteiger partial charge in [-0.1, -0.05) is 15.9 Å². The Kier molecular flexibility index (Phi) is 5.40. The summed E-state index contributed by atoms with van der Waals surface area (Å²) in [5, 5.41) is 2.77. The van der Waals surface area contributed by atoms with Crippen LogP contribution in [0.1, 0.15) is 19.8 Å². The van der Waals surface area contributed by atoms with Crippen LogP contribution < -0.4 is 5.32 Å². The number of hydrogen-bond acceptors (Lipinski definition) is 3. The normalized spacial score (nSPS) is 20.2. The Hall–Kier alpha value is -0.920. The van der Waals surface area contributed by atoms with Crippen molar-refractivity contribution in [3.8, 4) is 0 Å². The largest absolute Gasteiger partial charge is 0.356 e. The average molecular weight is 375 g/mol. The predicted molar refractivity (Wildman–Crippen MR) is 84.3 cm³/mol. The molecule has 116 valence electrons. The molecule has 1 aliphatic rings. The summed E-state index contributed by atoms with van der Waals surface area (Å²) in [6.45, 7) is 3.14. The van der Waals surface area contributed by atoms with Gasteiger partial charge in [0.25, 0.3) is 0 Å². The minimum Gasteiger partial charge on any atom is -0.356 e. The lowest BCUT2D eigenvalue weighted by Crippen LogP contribution is -2.45. The fourth-order valence-electron chi connectivity index (χ4n) is 2.45. The minimum absolute atomic E-state index is 0.0618. The van der Waals surface area contributed by atoms with E-state index in [1.807, 2.05) is 6.92 Å². The zero-order valence-electron chi connectivity index (χ0n) is 11.9.